The molecule has 7 heteroatoms. The van der Waals surface area contributed by atoms with E-state index in [4.69, 9.17) is 11.6 Å². The number of nitrogens with zero attached hydrogens (tertiary/aromatic N) is 2. The van der Waals surface area contributed by atoms with Crippen molar-refractivity contribution in [3.8, 4) is 0 Å². The monoisotopic (exact) mass is 275 g/mol. The highest BCUT2D eigenvalue weighted by Gasteiger charge is 2.27. The highest BCUT2D eigenvalue weighted by Crippen LogP contribution is 2.38. The van der Waals surface area contributed by atoms with Crippen LogP contribution < -0.4 is 5.32 Å². The summed E-state index contributed by atoms with van der Waals surface area (Å²) in [6, 6.07) is 1.61. The Kier molecular flexibility index (Phi) is 3.53. The lowest BCUT2D eigenvalue weighted by molar-refractivity contribution is 0.602. The molecule has 94 valence electrons. The number of sulfone groups is 1. The zero-order valence-electron chi connectivity index (χ0n) is 9.48. The van der Waals surface area contributed by atoms with Crippen molar-refractivity contribution in [1.29, 1.82) is 0 Å². The Morgan fingerprint density at radius 1 is 1.47 bits per heavy atom. The van der Waals surface area contributed by atoms with E-state index in [2.05, 4.69) is 15.3 Å². The van der Waals surface area contributed by atoms with Crippen molar-refractivity contribution in [2.24, 2.45) is 0 Å². The first-order valence-electron chi connectivity index (χ1n) is 5.40. The van der Waals surface area contributed by atoms with Crippen LogP contribution in [0.15, 0.2) is 6.07 Å². The molecular weight excluding hydrogens is 262 g/mol. The molecule has 0 atom stereocenters. The Bertz CT molecular complexity index is 514. The number of hydrogen-bond acceptors (Lipinski definition) is 5. The van der Waals surface area contributed by atoms with Gasteiger partial charge in [0.2, 0.25) is 0 Å². The molecule has 0 aliphatic heterocycles. The fourth-order valence-corrected chi connectivity index (χ4v) is 2.08. The molecule has 1 aromatic rings. The Balaban J connectivity index is 2.00. The van der Waals surface area contributed by atoms with Crippen LogP contribution in [0.3, 0.4) is 0 Å². The van der Waals surface area contributed by atoms with Gasteiger partial charge in [0.1, 0.15) is 26.6 Å². The summed E-state index contributed by atoms with van der Waals surface area (Å²) in [5.74, 6) is 1.84. The largest absolute Gasteiger partial charge is 0.369 e. The molecule has 0 bridgehead atoms. The summed E-state index contributed by atoms with van der Waals surface area (Å²) in [6.07, 6.45) is 3.41. The zero-order valence-corrected chi connectivity index (χ0v) is 11.1. The molecule has 1 aromatic heterocycles. The maximum Gasteiger partial charge on any atom is 0.149 e. The van der Waals surface area contributed by atoms with Crippen molar-refractivity contribution in [2.45, 2.75) is 18.8 Å². The van der Waals surface area contributed by atoms with E-state index in [-0.39, 0.29) is 5.75 Å². The summed E-state index contributed by atoms with van der Waals surface area (Å²) in [6.45, 7) is 0.330. The first-order valence-corrected chi connectivity index (χ1v) is 7.84. The summed E-state index contributed by atoms with van der Waals surface area (Å²) in [7, 11) is -2.96. The molecule has 1 aliphatic rings. The number of hydrogen-bond donors (Lipinski definition) is 1. The first-order chi connectivity index (χ1) is 7.94. The molecule has 5 nitrogen and oxygen atoms in total. The second kappa shape index (κ2) is 4.78. The van der Waals surface area contributed by atoms with Gasteiger partial charge in [0, 0.05) is 24.8 Å². The maximum absolute atomic E-state index is 11.0. The number of halogens is 1. The van der Waals surface area contributed by atoms with Crippen LogP contribution in [-0.2, 0) is 9.84 Å². The molecule has 0 spiro atoms. The predicted octanol–water partition coefficient (Wildman–Crippen LogP) is 1.46. The molecule has 1 N–H and O–H groups in total. The molecule has 0 aromatic carbocycles. The van der Waals surface area contributed by atoms with Crippen LogP contribution in [0.4, 0.5) is 5.82 Å². The molecule has 1 saturated carbocycles. The van der Waals surface area contributed by atoms with Gasteiger partial charge in [-0.1, -0.05) is 11.6 Å². The van der Waals surface area contributed by atoms with Crippen LogP contribution >= 0.6 is 11.6 Å². The van der Waals surface area contributed by atoms with Crippen LogP contribution in [-0.4, -0.2) is 36.9 Å². The van der Waals surface area contributed by atoms with Crippen LogP contribution in [0.25, 0.3) is 0 Å². The minimum absolute atomic E-state index is 0.0768. The van der Waals surface area contributed by atoms with E-state index in [0.29, 0.717) is 23.4 Å². The molecule has 0 amide bonds. The van der Waals surface area contributed by atoms with Crippen molar-refractivity contribution in [3.05, 3.63) is 17.0 Å². The minimum Gasteiger partial charge on any atom is -0.369 e. The predicted molar refractivity (Wildman–Crippen MR) is 67.2 cm³/mol. The number of aromatic nitrogens is 2. The van der Waals surface area contributed by atoms with E-state index in [9.17, 15) is 8.42 Å². The third kappa shape index (κ3) is 4.12. The summed E-state index contributed by atoms with van der Waals surface area (Å²) in [4.78, 5) is 8.46. The van der Waals surface area contributed by atoms with Crippen LogP contribution in [0.2, 0.25) is 5.15 Å². The average Bonchev–Trinajstić information content (AvgIpc) is 2.97. The van der Waals surface area contributed by atoms with Crippen molar-refractivity contribution in [1.82, 2.24) is 9.97 Å². The van der Waals surface area contributed by atoms with E-state index < -0.39 is 9.84 Å². The number of nitrogens with one attached hydrogen (secondary N) is 1. The minimum atomic E-state index is -2.96. The van der Waals surface area contributed by atoms with E-state index in [1.807, 2.05) is 0 Å². The van der Waals surface area contributed by atoms with Crippen molar-refractivity contribution < 1.29 is 8.42 Å². The summed E-state index contributed by atoms with van der Waals surface area (Å²) in [5.41, 5.74) is 0. The van der Waals surface area contributed by atoms with Crippen LogP contribution in [0.1, 0.15) is 24.6 Å². The molecule has 2 rings (SSSR count). The van der Waals surface area contributed by atoms with E-state index in [1.54, 1.807) is 6.07 Å². The second-order valence-electron chi connectivity index (χ2n) is 4.27. The summed E-state index contributed by atoms with van der Waals surface area (Å²) in [5, 5.41) is 3.34. The second-order valence-corrected chi connectivity index (χ2v) is 6.91. The molecule has 1 heterocycles. The van der Waals surface area contributed by atoms with Crippen molar-refractivity contribution in [3.63, 3.8) is 0 Å². The van der Waals surface area contributed by atoms with Gasteiger partial charge in [-0.05, 0) is 12.8 Å². The standard InChI is InChI=1S/C10H14ClN3O2S/c1-17(15,16)5-4-12-9-6-8(11)13-10(14-9)7-2-3-7/h6-7H,2-5H2,1H3,(H,12,13,14). The van der Waals surface area contributed by atoms with Gasteiger partial charge in [0.05, 0.1) is 5.75 Å². The Labute approximate surface area is 106 Å². The highest BCUT2D eigenvalue weighted by molar-refractivity contribution is 7.90. The molecule has 17 heavy (non-hydrogen) atoms. The fourth-order valence-electron chi connectivity index (χ4n) is 1.41. The van der Waals surface area contributed by atoms with Crippen molar-refractivity contribution >= 4 is 27.3 Å². The van der Waals surface area contributed by atoms with Crippen molar-refractivity contribution in [2.75, 3.05) is 23.9 Å². The van der Waals surface area contributed by atoms with Crippen LogP contribution in [0.5, 0.6) is 0 Å². The van der Waals surface area contributed by atoms with E-state index in [0.717, 1.165) is 18.7 Å². The van der Waals surface area contributed by atoms with Gasteiger partial charge >= 0.3 is 0 Å². The highest BCUT2D eigenvalue weighted by atomic mass is 35.5. The fraction of sp³-hybridized carbons (Fsp3) is 0.600. The van der Waals surface area contributed by atoms with Gasteiger partial charge in [-0.3, -0.25) is 0 Å². The lowest BCUT2D eigenvalue weighted by atomic mass is 10.4. The van der Waals surface area contributed by atoms with Crippen LogP contribution in [0, 0.1) is 0 Å². The zero-order chi connectivity index (χ0) is 12.5. The van der Waals surface area contributed by atoms with Gasteiger partial charge < -0.3 is 5.32 Å². The average molecular weight is 276 g/mol. The lowest BCUT2D eigenvalue weighted by Crippen LogP contribution is -2.15. The Morgan fingerprint density at radius 3 is 2.76 bits per heavy atom. The van der Waals surface area contributed by atoms with E-state index >= 15 is 0 Å². The van der Waals surface area contributed by atoms with Gasteiger partial charge in [0.25, 0.3) is 0 Å². The molecular formula is C10H14ClN3O2S. The Morgan fingerprint density at radius 2 is 2.18 bits per heavy atom. The topological polar surface area (TPSA) is 72.0 Å². The number of rotatable bonds is 5. The molecule has 1 fully saturated rings. The quantitative estimate of drug-likeness (QED) is 0.824. The van der Waals surface area contributed by atoms with E-state index in [1.165, 1.54) is 6.26 Å². The molecule has 0 saturated heterocycles. The normalized spacial score (nSPS) is 15.9. The first kappa shape index (κ1) is 12.6. The third-order valence-electron chi connectivity index (χ3n) is 2.43. The summed E-state index contributed by atoms with van der Waals surface area (Å²) >= 11 is 5.88. The van der Waals surface area contributed by atoms with Gasteiger partial charge in [-0.2, -0.15) is 0 Å². The summed E-state index contributed by atoms with van der Waals surface area (Å²) < 4.78 is 21.9. The maximum atomic E-state index is 11.0. The van der Waals surface area contributed by atoms with Gasteiger partial charge in [-0.15, -0.1) is 0 Å². The molecule has 0 radical (unpaired) electrons. The third-order valence-corrected chi connectivity index (χ3v) is 3.57. The number of anilines is 1. The van der Waals surface area contributed by atoms with Gasteiger partial charge in [-0.25, -0.2) is 18.4 Å². The Hall–Kier alpha value is -0.880. The smallest absolute Gasteiger partial charge is 0.149 e. The molecule has 0 unspecified atom stereocenters. The lowest BCUT2D eigenvalue weighted by Gasteiger charge is -2.06. The SMILES string of the molecule is CS(=O)(=O)CCNc1cc(Cl)nc(C2CC2)n1. The van der Waals surface area contributed by atoms with Gasteiger partial charge in [0.15, 0.2) is 0 Å². The molecule has 1 aliphatic carbocycles.